The van der Waals surface area contributed by atoms with Crippen LogP contribution in [-0.2, 0) is 13.2 Å². The summed E-state index contributed by atoms with van der Waals surface area (Å²) in [6.45, 7) is 0.810. The highest BCUT2D eigenvalue weighted by atomic mass is 35.5. The van der Waals surface area contributed by atoms with Crippen LogP contribution in [0.25, 0.3) is 0 Å². The maximum absolute atomic E-state index is 6.03. The van der Waals surface area contributed by atoms with Crippen molar-refractivity contribution < 1.29 is 4.74 Å². The molecule has 0 saturated heterocycles. The molecule has 0 fully saturated rings. The maximum Gasteiger partial charge on any atom is 0.213 e. The number of halogens is 1. The zero-order valence-corrected chi connectivity index (χ0v) is 10.0. The molecule has 88 valence electrons. The second kappa shape index (κ2) is 5.66. The zero-order chi connectivity index (χ0) is 12.1. The van der Waals surface area contributed by atoms with Crippen LogP contribution in [0.1, 0.15) is 11.3 Å². The van der Waals surface area contributed by atoms with Gasteiger partial charge in [0.1, 0.15) is 6.61 Å². The second-order valence-electron chi connectivity index (χ2n) is 3.55. The number of rotatable bonds is 4. The lowest BCUT2D eigenvalue weighted by molar-refractivity contribution is 0.293. The van der Waals surface area contributed by atoms with Crippen molar-refractivity contribution in [3.8, 4) is 5.88 Å². The van der Waals surface area contributed by atoms with Gasteiger partial charge in [-0.15, -0.1) is 0 Å². The molecule has 0 aliphatic carbocycles. The van der Waals surface area contributed by atoms with Crippen molar-refractivity contribution in [3.63, 3.8) is 0 Å². The van der Waals surface area contributed by atoms with Crippen molar-refractivity contribution in [1.29, 1.82) is 0 Å². The number of ether oxygens (including phenoxy) is 1. The number of benzene rings is 1. The SMILES string of the molecule is NCc1cccc(OCc2ccccc2Cl)n1. The van der Waals surface area contributed by atoms with Crippen molar-refractivity contribution in [2.75, 3.05) is 0 Å². The van der Waals surface area contributed by atoms with Gasteiger partial charge in [-0.05, 0) is 12.1 Å². The van der Waals surface area contributed by atoms with Crippen LogP contribution in [0.15, 0.2) is 42.5 Å². The van der Waals surface area contributed by atoms with Crippen LogP contribution in [-0.4, -0.2) is 4.98 Å². The molecule has 4 heteroatoms. The quantitative estimate of drug-likeness (QED) is 0.905. The molecule has 2 N–H and O–H groups in total. The zero-order valence-electron chi connectivity index (χ0n) is 9.27. The standard InChI is InChI=1S/C13H13ClN2O/c14-12-6-2-1-4-10(12)9-17-13-7-3-5-11(8-15)16-13/h1-7H,8-9,15H2. The molecule has 0 saturated carbocycles. The minimum atomic E-state index is 0.403. The van der Waals surface area contributed by atoms with Crippen molar-refractivity contribution in [2.45, 2.75) is 13.2 Å². The third-order valence-electron chi connectivity index (χ3n) is 2.32. The largest absolute Gasteiger partial charge is 0.473 e. The highest BCUT2D eigenvalue weighted by Crippen LogP contribution is 2.17. The molecule has 1 aromatic carbocycles. The first-order valence-electron chi connectivity index (χ1n) is 5.32. The molecule has 0 aliphatic rings. The van der Waals surface area contributed by atoms with Gasteiger partial charge < -0.3 is 10.5 Å². The summed E-state index contributed by atoms with van der Waals surface area (Å²) in [5, 5.41) is 0.697. The highest BCUT2D eigenvalue weighted by Gasteiger charge is 2.01. The van der Waals surface area contributed by atoms with Crippen molar-refractivity contribution >= 4 is 11.6 Å². The number of hydrogen-bond acceptors (Lipinski definition) is 3. The van der Waals surface area contributed by atoms with E-state index >= 15 is 0 Å². The molecule has 2 aromatic rings. The maximum atomic E-state index is 6.03. The number of hydrogen-bond donors (Lipinski definition) is 1. The lowest BCUT2D eigenvalue weighted by atomic mass is 10.2. The van der Waals surface area contributed by atoms with Crippen LogP contribution in [0.5, 0.6) is 5.88 Å². The fourth-order valence-electron chi connectivity index (χ4n) is 1.42. The Morgan fingerprint density at radius 3 is 2.71 bits per heavy atom. The summed E-state index contributed by atoms with van der Waals surface area (Å²) in [5.41, 5.74) is 7.26. The molecule has 0 bridgehead atoms. The van der Waals surface area contributed by atoms with Gasteiger partial charge in [0.2, 0.25) is 5.88 Å². The summed E-state index contributed by atoms with van der Waals surface area (Å²) in [6.07, 6.45) is 0. The molecule has 1 heterocycles. The predicted molar refractivity (Wildman–Crippen MR) is 67.9 cm³/mol. The molecule has 1 aromatic heterocycles. The Labute approximate surface area is 105 Å². The van der Waals surface area contributed by atoms with Crippen LogP contribution in [0.2, 0.25) is 5.02 Å². The molecule has 2 rings (SSSR count). The third kappa shape index (κ3) is 3.19. The molecule has 0 unspecified atom stereocenters. The van der Waals surface area contributed by atoms with E-state index in [-0.39, 0.29) is 0 Å². The summed E-state index contributed by atoms with van der Waals surface area (Å²) in [4.78, 5) is 4.25. The summed E-state index contributed by atoms with van der Waals surface area (Å²) < 4.78 is 5.56. The normalized spacial score (nSPS) is 10.2. The Balaban J connectivity index is 2.05. The Bertz CT molecular complexity index is 502. The van der Waals surface area contributed by atoms with Gasteiger partial charge in [-0.2, -0.15) is 0 Å². The lowest BCUT2D eigenvalue weighted by Crippen LogP contribution is -2.02. The average molecular weight is 249 g/mol. The van der Waals surface area contributed by atoms with Crippen LogP contribution >= 0.6 is 11.6 Å². The fourth-order valence-corrected chi connectivity index (χ4v) is 1.61. The third-order valence-corrected chi connectivity index (χ3v) is 2.69. The van der Waals surface area contributed by atoms with E-state index in [0.29, 0.717) is 24.1 Å². The fraction of sp³-hybridized carbons (Fsp3) is 0.154. The van der Waals surface area contributed by atoms with Crippen LogP contribution < -0.4 is 10.5 Å². The monoisotopic (exact) mass is 248 g/mol. The molecule has 3 nitrogen and oxygen atoms in total. The molecule has 0 spiro atoms. The summed E-state index contributed by atoms with van der Waals surface area (Å²) in [7, 11) is 0. The Morgan fingerprint density at radius 1 is 1.12 bits per heavy atom. The van der Waals surface area contributed by atoms with E-state index in [1.54, 1.807) is 6.07 Å². The van der Waals surface area contributed by atoms with Crippen LogP contribution in [0, 0.1) is 0 Å². The minimum Gasteiger partial charge on any atom is -0.473 e. The Morgan fingerprint density at radius 2 is 1.94 bits per heavy atom. The summed E-state index contributed by atoms with van der Waals surface area (Å²) >= 11 is 6.03. The molecule has 0 atom stereocenters. The smallest absolute Gasteiger partial charge is 0.213 e. The molecule has 17 heavy (non-hydrogen) atoms. The van der Waals surface area contributed by atoms with E-state index in [0.717, 1.165) is 11.3 Å². The summed E-state index contributed by atoms with van der Waals surface area (Å²) in [5.74, 6) is 0.563. The van der Waals surface area contributed by atoms with Gasteiger partial charge in [0.25, 0.3) is 0 Å². The van der Waals surface area contributed by atoms with Gasteiger partial charge in [0.15, 0.2) is 0 Å². The lowest BCUT2D eigenvalue weighted by Gasteiger charge is -2.07. The molecule has 0 amide bonds. The van der Waals surface area contributed by atoms with E-state index in [9.17, 15) is 0 Å². The number of aromatic nitrogens is 1. The van der Waals surface area contributed by atoms with Crippen LogP contribution in [0.3, 0.4) is 0 Å². The second-order valence-corrected chi connectivity index (χ2v) is 3.96. The Hall–Kier alpha value is -1.58. The van der Waals surface area contributed by atoms with Crippen molar-refractivity contribution in [2.24, 2.45) is 5.73 Å². The number of pyridine rings is 1. The van der Waals surface area contributed by atoms with Gasteiger partial charge in [0.05, 0.1) is 5.69 Å². The van der Waals surface area contributed by atoms with Gasteiger partial charge in [-0.25, -0.2) is 4.98 Å². The number of nitrogens with two attached hydrogens (primary N) is 1. The van der Waals surface area contributed by atoms with E-state index in [1.165, 1.54) is 0 Å². The van der Waals surface area contributed by atoms with E-state index in [2.05, 4.69) is 4.98 Å². The van der Waals surface area contributed by atoms with Crippen LogP contribution in [0.4, 0.5) is 0 Å². The van der Waals surface area contributed by atoms with Crippen molar-refractivity contribution in [3.05, 3.63) is 58.7 Å². The first kappa shape index (κ1) is 11.9. The number of nitrogens with zero attached hydrogens (tertiary/aromatic N) is 1. The first-order chi connectivity index (χ1) is 8.29. The average Bonchev–Trinajstić information content (AvgIpc) is 2.38. The molecule has 0 aliphatic heterocycles. The molecule has 0 radical (unpaired) electrons. The topological polar surface area (TPSA) is 48.1 Å². The molecular weight excluding hydrogens is 236 g/mol. The van der Waals surface area contributed by atoms with Crippen molar-refractivity contribution in [1.82, 2.24) is 4.98 Å². The van der Waals surface area contributed by atoms with E-state index in [4.69, 9.17) is 22.1 Å². The predicted octanol–water partition coefficient (Wildman–Crippen LogP) is 2.77. The Kier molecular flexibility index (Phi) is 3.96. The van der Waals surface area contributed by atoms with Gasteiger partial charge in [-0.3, -0.25) is 0 Å². The van der Waals surface area contributed by atoms with Gasteiger partial charge in [0, 0.05) is 23.2 Å². The van der Waals surface area contributed by atoms with Gasteiger partial charge in [-0.1, -0.05) is 35.9 Å². The highest BCUT2D eigenvalue weighted by molar-refractivity contribution is 6.31. The first-order valence-corrected chi connectivity index (χ1v) is 5.69. The summed E-state index contributed by atoms with van der Waals surface area (Å²) in [6, 6.07) is 13.1. The molecular formula is C13H13ClN2O. The van der Waals surface area contributed by atoms with E-state index < -0.39 is 0 Å². The van der Waals surface area contributed by atoms with E-state index in [1.807, 2.05) is 36.4 Å². The van der Waals surface area contributed by atoms with Gasteiger partial charge >= 0.3 is 0 Å². The minimum absolute atomic E-state index is 0.403.